The Morgan fingerprint density at radius 2 is 2.05 bits per heavy atom. The van der Waals surface area contributed by atoms with Gasteiger partial charge < -0.3 is 5.32 Å². The minimum absolute atomic E-state index is 0.193. The van der Waals surface area contributed by atoms with Gasteiger partial charge in [0.25, 0.3) is 0 Å². The van der Waals surface area contributed by atoms with Crippen molar-refractivity contribution in [3.63, 3.8) is 0 Å². The molecule has 2 N–H and O–H groups in total. The Kier molecular flexibility index (Phi) is 3.64. The third-order valence-electron chi connectivity index (χ3n) is 3.14. The third-order valence-corrected chi connectivity index (χ3v) is 3.14. The van der Waals surface area contributed by atoms with Gasteiger partial charge in [-0.2, -0.15) is 5.10 Å². The van der Waals surface area contributed by atoms with Gasteiger partial charge in [0.1, 0.15) is 5.82 Å². The number of para-hydroxylation sites is 1. The first kappa shape index (κ1) is 13.3. The fraction of sp³-hybridized carbons (Fsp3) is 0.286. The van der Waals surface area contributed by atoms with Gasteiger partial charge in [0.15, 0.2) is 0 Å². The summed E-state index contributed by atoms with van der Waals surface area (Å²) >= 11 is 0. The van der Waals surface area contributed by atoms with E-state index in [0.717, 1.165) is 17.0 Å². The molecule has 0 saturated heterocycles. The number of aromatic nitrogens is 2. The van der Waals surface area contributed by atoms with Crippen LogP contribution in [0, 0.1) is 19.7 Å². The largest absolute Gasteiger partial charge is 0.323 e. The molecule has 1 unspecified atom stereocenters. The first-order chi connectivity index (χ1) is 9.00. The van der Waals surface area contributed by atoms with Gasteiger partial charge >= 0.3 is 0 Å². The number of rotatable bonds is 3. The molecule has 0 spiro atoms. The normalized spacial score (nSPS) is 12.2. The second kappa shape index (κ2) is 5.22. The first-order valence-corrected chi connectivity index (χ1v) is 6.07. The number of carbonyl (C=O) groups is 1. The Hall–Kier alpha value is -2.17. The fourth-order valence-electron chi connectivity index (χ4n) is 2.13. The molecule has 1 aromatic heterocycles. The number of hydrogen-bond donors (Lipinski definition) is 2. The molecule has 0 radical (unpaired) electrons. The maximum Gasteiger partial charge on any atom is 0.231 e. The second-order valence-electron chi connectivity index (χ2n) is 4.54. The number of carbonyl (C=O) groups excluding carboxylic acids is 1. The van der Waals surface area contributed by atoms with E-state index in [1.54, 1.807) is 19.1 Å². The summed E-state index contributed by atoms with van der Waals surface area (Å²) in [4.78, 5) is 12.1. The zero-order chi connectivity index (χ0) is 14.0. The Morgan fingerprint density at radius 3 is 2.63 bits per heavy atom. The topological polar surface area (TPSA) is 57.8 Å². The molecule has 0 aliphatic rings. The predicted octanol–water partition coefficient (Wildman–Crippen LogP) is 2.91. The molecule has 0 aliphatic heterocycles. The molecular weight excluding hydrogens is 245 g/mol. The van der Waals surface area contributed by atoms with Gasteiger partial charge in [0, 0.05) is 11.3 Å². The van der Waals surface area contributed by atoms with Gasteiger partial charge in [0.05, 0.1) is 17.3 Å². The van der Waals surface area contributed by atoms with Crippen LogP contribution in [0.3, 0.4) is 0 Å². The minimum Gasteiger partial charge on any atom is -0.323 e. The molecule has 5 heteroatoms. The Labute approximate surface area is 111 Å². The van der Waals surface area contributed by atoms with E-state index >= 15 is 0 Å². The van der Waals surface area contributed by atoms with Crippen LogP contribution in [0.4, 0.5) is 10.1 Å². The summed E-state index contributed by atoms with van der Waals surface area (Å²) in [5.41, 5.74) is 2.69. The number of H-pyrrole nitrogens is 1. The van der Waals surface area contributed by atoms with Crippen LogP contribution in [-0.4, -0.2) is 16.1 Å². The number of hydrogen-bond acceptors (Lipinski definition) is 2. The number of anilines is 1. The summed E-state index contributed by atoms with van der Waals surface area (Å²) in [6.45, 7) is 5.48. The average Bonchev–Trinajstić information content (AvgIpc) is 2.71. The summed E-state index contributed by atoms with van der Waals surface area (Å²) in [6.07, 6.45) is 0. The van der Waals surface area contributed by atoms with E-state index in [0.29, 0.717) is 0 Å². The highest BCUT2D eigenvalue weighted by molar-refractivity contribution is 5.95. The van der Waals surface area contributed by atoms with Crippen LogP contribution in [0.5, 0.6) is 0 Å². The van der Waals surface area contributed by atoms with Crippen LogP contribution in [0.15, 0.2) is 24.3 Å². The van der Waals surface area contributed by atoms with Gasteiger partial charge in [-0.15, -0.1) is 0 Å². The number of nitrogens with zero attached hydrogens (tertiary/aromatic N) is 1. The highest BCUT2D eigenvalue weighted by Gasteiger charge is 2.21. The lowest BCUT2D eigenvalue weighted by atomic mass is 9.98. The van der Waals surface area contributed by atoms with Gasteiger partial charge in [-0.1, -0.05) is 12.1 Å². The Balaban J connectivity index is 2.19. The van der Waals surface area contributed by atoms with Crippen molar-refractivity contribution < 1.29 is 9.18 Å². The molecule has 0 bridgehead atoms. The molecule has 1 aromatic carbocycles. The molecular formula is C14H16FN3O. The summed E-state index contributed by atoms with van der Waals surface area (Å²) in [7, 11) is 0. The van der Waals surface area contributed by atoms with Crippen LogP contribution in [0.2, 0.25) is 0 Å². The molecule has 1 amide bonds. The van der Waals surface area contributed by atoms with E-state index in [4.69, 9.17) is 0 Å². The summed E-state index contributed by atoms with van der Waals surface area (Å²) in [5.74, 6) is -1.08. The number of aromatic amines is 1. The van der Waals surface area contributed by atoms with E-state index in [2.05, 4.69) is 15.5 Å². The third kappa shape index (κ3) is 2.65. The van der Waals surface area contributed by atoms with Crippen molar-refractivity contribution in [1.29, 1.82) is 0 Å². The average molecular weight is 261 g/mol. The molecule has 2 rings (SSSR count). The van der Waals surface area contributed by atoms with Gasteiger partial charge in [-0.25, -0.2) is 4.39 Å². The van der Waals surface area contributed by atoms with Crippen LogP contribution in [0.1, 0.15) is 29.8 Å². The van der Waals surface area contributed by atoms with Crippen LogP contribution in [0.25, 0.3) is 0 Å². The fourth-order valence-corrected chi connectivity index (χ4v) is 2.13. The summed E-state index contributed by atoms with van der Waals surface area (Å²) in [6, 6.07) is 6.11. The number of aryl methyl sites for hydroxylation is 2. The van der Waals surface area contributed by atoms with Crippen molar-refractivity contribution in [2.24, 2.45) is 0 Å². The molecule has 0 saturated carbocycles. The van der Waals surface area contributed by atoms with E-state index in [-0.39, 0.29) is 11.6 Å². The zero-order valence-corrected chi connectivity index (χ0v) is 11.1. The summed E-state index contributed by atoms with van der Waals surface area (Å²) in [5, 5.41) is 9.51. The van der Waals surface area contributed by atoms with Crippen molar-refractivity contribution in [3.8, 4) is 0 Å². The van der Waals surface area contributed by atoms with Gasteiger partial charge in [-0.05, 0) is 32.9 Å². The standard InChI is InChI=1S/C14H16FN3O/c1-8(13-9(2)17-18-10(13)3)14(19)16-12-7-5-4-6-11(12)15/h4-8H,1-3H3,(H,16,19)(H,17,18). The van der Waals surface area contributed by atoms with Gasteiger partial charge in [0.2, 0.25) is 5.91 Å². The van der Waals surface area contributed by atoms with Crippen molar-refractivity contribution in [2.45, 2.75) is 26.7 Å². The van der Waals surface area contributed by atoms with E-state index in [1.807, 2.05) is 13.8 Å². The van der Waals surface area contributed by atoms with Gasteiger partial charge in [-0.3, -0.25) is 9.89 Å². The highest BCUT2D eigenvalue weighted by Crippen LogP contribution is 2.23. The molecule has 19 heavy (non-hydrogen) atoms. The van der Waals surface area contributed by atoms with Crippen LogP contribution in [-0.2, 0) is 4.79 Å². The van der Waals surface area contributed by atoms with E-state index in [1.165, 1.54) is 12.1 Å². The molecule has 0 aliphatic carbocycles. The van der Waals surface area contributed by atoms with Crippen molar-refractivity contribution in [1.82, 2.24) is 10.2 Å². The number of nitrogens with one attached hydrogen (secondary N) is 2. The van der Waals surface area contributed by atoms with E-state index in [9.17, 15) is 9.18 Å². The SMILES string of the molecule is Cc1n[nH]c(C)c1C(C)C(=O)Nc1ccccc1F. The lowest BCUT2D eigenvalue weighted by Crippen LogP contribution is -2.20. The number of halogens is 1. The second-order valence-corrected chi connectivity index (χ2v) is 4.54. The van der Waals surface area contributed by atoms with Crippen molar-refractivity contribution in [2.75, 3.05) is 5.32 Å². The van der Waals surface area contributed by atoms with E-state index < -0.39 is 11.7 Å². The monoisotopic (exact) mass is 261 g/mol. The molecule has 4 nitrogen and oxygen atoms in total. The Bertz CT molecular complexity index is 587. The van der Waals surface area contributed by atoms with Crippen LogP contribution >= 0.6 is 0 Å². The lowest BCUT2D eigenvalue weighted by Gasteiger charge is -2.13. The smallest absolute Gasteiger partial charge is 0.231 e. The summed E-state index contributed by atoms with van der Waals surface area (Å²) < 4.78 is 13.5. The van der Waals surface area contributed by atoms with Crippen molar-refractivity contribution >= 4 is 11.6 Å². The molecule has 2 aromatic rings. The maximum atomic E-state index is 13.5. The molecule has 100 valence electrons. The minimum atomic E-state index is -0.441. The molecule has 1 atom stereocenters. The Morgan fingerprint density at radius 1 is 1.37 bits per heavy atom. The first-order valence-electron chi connectivity index (χ1n) is 6.07. The van der Waals surface area contributed by atoms with Crippen molar-refractivity contribution in [3.05, 3.63) is 47.0 Å². The number of benzene rings is 1. The highest BCUT2D eigenvalue weighted by atomic mass is 19.1. The quantitative estimate of drug-likeness (QED) is 0.892. The maximum absolute atomic E-state index is 13.5. The zero-order valence-electron chi connectivity index (χ0n) is 11.1. The number of amides is 1. The van der Waals surface area contributed by atoms with Crippen LogP contribution < -0.4 is 5.32 Å². The lowest BCUT2D eigenvalue weighted by molar-refractivity contribution is -0.117. The molecule has 1 heterocycles. The predicted molar refractivity (Wildman–Crippen MR) is 71.5 cm³/mol. The molecule has 0 fully saturated rings.